The second kappa shape index (κ2) is 30.1. The highest BCUT2D eigenvalue weighted by molar-refractivity contribution is 5.02. The lowest BCUT2D eigenvalue weighted by molar-refractivity contribution is -0.398. The van der Waals surface area contributed by atoms with Gasteiger partial charge in [-0.25, -0.2) is 0 Å². The molecule has 15 fully saturated rings. The smallest absolute Gasteiger partial charge is 0.187 e. The molecule has 14 bridgehead atoms. The van der Waals surface area contributed by atoms with Crippen molar-refractivity contribution in [1.82, 2.24) is 0 Å². The maximum Gasteiger partial charge on any atom is 0.187 e. The highest BCUT2D eigenvalue weighted by Gasteiger charge is 2.60. The van der Waals surface area contributed by atoms with Crippen molar-refractivity contribution in [1.29, 1.82) is 0 Å². The number of aliphatic hydroxyl groups excluding tert-OH is 20. The third kappa shape index (κ3) is 14.1. The number of hydrogen-bond acceptors (Lipinski definition) is 36. The Labute approximate surface area is 475 Å². The number of rotatable bonds is 13. The van der Waals surface area contributed by atoms with Crippen LogP contribution >= 0.6 is 0 Å². The molecule has 0 unspecified atom stereocenters. The van der Waals surface area contributed by atoms with Crippen LogP contribution in [0.2, 0.25) is 0 Å². The molecule has 84 heavy (non-hydrogen) atoms. The van der Waals surface area contributed by atoms with Gasteiger partial charge in [-0.1, -0.05) is 5.11 Å². The first-order valence-corrected chi connectivity index (χ1v) is 27.1. The summed E-state index contributed by atoms with van der Waals surface area (Å²) in [7, 11) is 0. The van der Waals surface area contributed by atoms with Crippen LogP contribution in [0.15, 0.2) is 5.11 Å². The van der Waals surface area contributed by atoms with Gasteiger partial charge in [-0.3, -0.25) is 0 Å². The van der Waals surface area contributed by atoms with E-state index < -0.39 is 261 Å². The van der Waals surface area contributed by atoms with Gasteiger partial charge in [0.05, 0.1) is 46.2 Å². The Morgan fingerprint density at radius 2 is 0.500 bits per heavy atom. The van der Waals surface area contributed by atoms with Gasteiger partial charge in [0.25, 0.3) is 0 Å². The van der Waals surface area contributed by atoms with Crippen LogP contribution < -0.4 is 0 Å². The molecule has 35 atom stereocenters. The molecule has 15 aliphatic heterocycles. The first kappa shape index (κ1) is 67.8. The summed E-state index contributed by atoms with van der Waals surface area (Å²) in [4.78, 5) is 2.68. The fraction of sp³-hybridized carbons (Fsp3) is 1.00. The van der Waals surface area contributed by atoms with Gasteiger partial charge in [-0.05, 0) is 18.4 Å². The molecule has 15 heterocycles. The van der Waals surface area contributed by atoms with Crippen LogP contribution in [0.4, 0.5) is 0 Å². The minimum absolute atomic E-state index is 0.0223. The first-order valence-electron chi connectivity index (χ1n) is 27.1. The third-order valence-corrected chi connectivity index (χ3v) is 15.8. The summed E-state index contributed by atoms with van der Waals surface area (Å²) in [5, 5.41) is 226. The lowest BCUT2D eigenvalue weighted by atomic mass is 9.95. The number of aliphatic hydroxyl groups is 20. The van der Waals surface area contributed by atoms with Gasteiger partial charge >= 0.3 is 0 Å². The standard InChI is InChI=1S/C46H77N3O35/c47-49-48-3-1-2-4-70-39-31(69)38-18(11-56)77-46(39)84-37-17(10-55)76-44(30(68)24(37)62)82-35-15(8-53)74-42(28(66)22(35)60)80-33-13(6-51)72-40(26(64)20(33)58)78-32-12(5-50)71-41(25(63)19(32)57)79-34-14(7-52)73-43(27(65)21(34)59)81-36-16(9-54)75-45(83-38)29(67)23(36)61/h12-46,50-69H,1-11H2/t12-,13-,14-,15-,16-,17-,18-,19-,20+,21-,22+,23-,24+,25-,26+,27-,28+,29-,30+,31+,32-,33-,34-,35-,36-,37-,38-,39-,40-,41-,42-,43-,44-,45-,46-/m1/s1. The summed E-state index contributed by atoms with van der Waals surface area (Å²) in [6, 6.07) is 0. The van der Waals surface area contributed by atoms with Crippen molar-refractivity contribution in [3.63, 3.8) is 0 Å². The van der Waals surface area contributed by atoms with Gasteiger partial charge in [0.2, 0.25) is 0 Å². The van der Waals surface area contributed by atoms with Gasteiger partial charge in [-0.2, -0.15) is 0 Å². The molecule has 0 radical (unpaired) electrons. The fourth-order valence-corrected chi connectivity index (χ4v) is 11.1. The summed E-state index contributed by atoms with van der Waals surface area (Å²) in [6.45, 7) is -7.54. The number of nitrogens with zero attached hydrogens (tertiary/aromatic N) is 3. The fourth-order valence-electron chi connectivity index (χ4n) is 11.1. The molecule has 38 nitrogen and oxygen atoms in total. The number of ether oxygens (including phenoxy) is 15. The number of hydrogen-bond donors (Lipinski definition) is 20. The van der Waals surface area contributed by atoms with Gasteiger partial charge < -0.3 is 173 Å². The van der Waals surface area contributed by atoms with Gasteiger partial charge in [0.15, 0.2) is 44.0 Å². The minimum atomic E-state index is -2.22. The predicted octanol–water partition coefficient (Wildman–Crippen LogP) is -13.1. The van der Waals surface area contributed by atoms with E-state index in [-0.39, 0.29) is 26.0 Å². The second-order valence-electron chi connectivity index (χ2n) is 21.2. The average Bonchev–Trinajstić information content (AvgIpc) is 1.43. The Hall–Kier alpha value is -2.09. The van der Waals surface area contributed by atoms with E-state index in [1.807, 2.05) is 0 Å². The summed E-state index contributed by atoms with van der Waals surface area (Å²) in [5.74, 6) is 0. The molecule has 15 aliphatic rings. The largest absolute Gasteiger partial charge is 0.394 e. The maximum absolute atomic E-state index is 12.0. The Morgan fingerprint density at radius 1 is 0.286 bits per heavy atom. The lowest BCUT2D eigenvalue weighted by Crippen LogP contribution is -2.68. The van der Waals surface area contributed by atoms with E-state index in [1.54, 1.807) is 0 Å². The quantitative estimate of drug-likeness (QED) is 0.0352. The molecule has 0 aliphatic carbocycles. The normalized spacial score (nSPS) is 51.6. The summed E-state index contributed by atoms with van der Waals surface area (Å²) < 4.78 is 87.1. The molecule has 15 saturated heterocycles. The van der Waals surface area contributed by atoms with Crippen LogP contribution in [0, 0.1) is 0 Å². The molecular weight excluding hydrogens is 1150 g/mol. The number of unbranched alkanes of at least 4 members (excludes halogenated alkanes) is 1. The van der Waals surface area contributed by atoms with E-state index >= 15 is 0 Å². The molecular formula is C46H77N3O35. The zero-order chi connectivity index (χ0) is 61.0. The Balaban J connectivity index is 1.10. The molecule has 486 valence electrons. The van der Waals surface area contributed by atoms with Crippen molar-refractivity contribution >= 4 is 0 Å². The third-order valence-electron chi connectivity index (χ3n) is 15.8. The highest BCUT2D eigenvalue weighted by Crippen LogP contribution is 2.39. The average molecular weight is 1230 g/mol. The molecule has 0 aromatic heterocycles. The van der Waals surface area contributed by atoms with E-state index in [0.29, 0.717) is 0 Å². The lowest BCUT2D eigenvalue weighted by Gasteiger charge is -2.50. The highest BCUT2D eigenvalue weighted by atomic mass is 16.8. The van der Waals surface area contributed by atoms with Crippen LogP contribution in [-0.4, -0.2) is 376 Å². The van der Waals surface area contributed by atoms with E-state index in [0.717, 1.165) is 0 Å². The summed E-state index contributed by atoms with van der Waals surface area (Å²) in [6.07, 6.45) is -69.1. The van der Waals surface area contributed by atoms with E-state index in [4.69, 9.17) is 76.6 Å². The molecule has 15 rings (SSSR count). The van der Waals surface area contributed by atoms with Gasteiger partial charge in [0, 0.05) is 18.1 Å². The van der Waals surface area contributed by atoms with E-state index in [1.165, 1.54) is 0 Å². The van der Waals surface area contributed by atoms with E-state index in [9.17, 15) is 102 Å². The zero-order valence-corrected chi connectivity index (χ0v) is 44.4. The summed E-state index contributed by atoms with van der Waals surface area (Å²) in [5.41, 5.74) is 8.72. The molecule has 38 heteroatoms. The predicted molar refractivity (Wildman–Crippen MR) is 255 cm³/mol. The molecule has 0 aromatic rings. The van der Waals surface area contributed by atoms with Crippen molar-refractivity contribution in [3.05, 3.63) is 10.4 Å². The van der Waals surface area contributed by atoms with Crippen LogP contribution in [0.5, 0.6) is 0 Å². The number of fused-ring (bicyclic) bond motifs is 7. The van der Waals surface area contributed by atoms with Crippen LogP contribution in [0.25, 0.3) is 10.4 Å². The molecule has 0 saturated carbocycles. The van der Waals surface area contributed by atoms with Gasteiger partial charge in [-0.15, -0.1) is 0 Å². The molecule has 0 aromatic carbocycles. The molecule has 0 amide bonds. The Bertz CT molecular complexity index is 2060. The SMILES string of the molecule is [N-]=[N+]=NCCCCO[C@H]1[C@H]2O[C@H]3[C@@H](O)[C@H](O)[C@@H](O[C@H]4[C@@H](O)[C@H](O)[C@@H](O[C@H]5[C@@H](O)[C@H](O)[C@@H](O[C@H]6[C@H](O)[C@@H](O)[C@@H](O[C@H]7[C@H](O)[C@@H](O)[C@@H](O[C@H]8[C@H](O)[C@@H](O)[C@@H](O[C@@H]([C@@H]1O)[C@@H](CO)O2)O[C@@H]8CO)O[C@@H]7CO)O[C@@H]6CO)O[C@@H]5CO)O[C@@H]4CO)O[C@@H]3CO. The van der Waals surface area contributed by atoms with E-state index in [2.05, 4.69) is 10.0 Å². The molecule has 20 N–H and O–H groups in total. The second-order valence-corrected chi connectivity index (χ2v) is 21.2. The van der Waals surface area contributed by atoms with Crippen LogP contribution in [0.3, 0.4) is 0 Å². The zero-order valence-electron chi connectivity index (χ0n) is 44.4. The maximum atomic E-state index is 12.0. The first-order chi connectivity index (χ1) is 40.2. The van der Waals surface area contributed by atoms with Crippen molar-refractivity contribution in [2.24, 2.45) is 5.11 Å². The van der Waals surface area contributed by atoms with Crippen LogP contribution in [-0.2, 0) is 71.1 Å². The van der Waals surface area contributed by atoms with Crippen molar-refractivity contribution in [3.8, 4) is 0 Å². The molecule has 0 spiro atoms. The summed E-state index contributed by atoms with van der Waals surface area (Å²) >= 11 is 0. The monoisotopic (exact) mass is 1230 g/mol. The van der Waals surface area contributed by atoms with Crippen molar-refractivity contribution in [2.75, 3.05) is 59.4 Å². The van der Waals surface area contributed by atoms with Gasteiger partial charge in [0.1, 0.15) is 171 Å². The minimum Gasteiger partial charge on any atom is -0.394 e. The van der Waals surface area contributed by atoms with Crippen molar-refractivity contribution in [2.45, 2.75) is 228 Å². The topological polar surface area (TPSA) is 592 Å². The van der Waals surface area contributed by atoms with Crippen molar-refractivity contribution < 1.29 is 173 Å². The Kier molecular flexibility index (Phi) is 24.3. The van der Waals surface area contributed by atoms with Crippen LogP contribution in [0.1, 0.15) is 12.8 Å². The Morgan fingerprint density at radius 3 is 0.726 bits per heavy atom. The number of azide groups is 1.